The Balaban J connectivity index is 2.19. The Morgan fingerprint density at radius 2 is 2.38 bits per heavy atom. The summed E-state index contributed by atoms with van der Waals surface area (Å²) in [4.78, 5) is 12.1. The van der Waals surface area contributed by atoms with E-state index in [0.717, 1.165) is 17.7 Å². The molecule has 0 aliphatic heterocycles. The summed E-state index contributed by atoms with van der Waals surface area (Å²) in [6.07, 6.45) is 1.92. The zero-order valence-corrected chi connectivity index (χ0v) is 8.27. The normalized spacial score (nSPS) is 9.92. The molecule has 0 aliphatic rings. The minimum Gasteiger partial charge on any atom is -0.351 e. The Labute approximate surface area is 81.9 Å². The molecule has 0 spiro atoms. The highest BCUT2D eigenvalue weighted by Crippen LogP contribution is 2.07. The second kappa shape index (κ2) is 5.72. The lowest BCUT2D eigenvalue weighted by molar-refractivity contribution is 0.0957. The molecule has 1 amide bonds. The van der Waals surface area contributed by atoms with Crippen LogP contribution in [0.15, 0.2) is 17.5 Å². The second-order valence-corrected chi connectivity index (χ2v) is 3.68. The number of carbonyl (C=O) groups is 1. The number of nitrogens with one attached hydrogen (secondary N) is 1. The fourth-order valence-electron chi connectivity index (χ4n) is 0.966. The molecule has 1 rings (SSSR count). The molecule has 0 saturated heterocycles. The molecule has 0 saturated carbocycles. The zero-order valence-electron chi connectivity index (χ0n) is 7.45. The maximum Gasteiger partial charge on any atom is 0.261 e. The van der Waals surface area contributed by atoms with Crippen molar-refractivity contribution in [2.24, 2.45) is 5.73 Å². The molecule has 0 aliphatic carbocycles. The summed E-state index contributed by atoms with van der Waals surface area (Å²) < 4.78 is 0. The van der Waals surface area contributed by atoms with E-state index in [1.165, 1.54) is 11.3 Å². The van der Waals surface area contributed by atoms with E-state index in [4.69, 9.17) is 5.73 Å². The largest absolute Gasteiger partial charge is 0.351 e. The van der Waals surface area contributed by atoms with Crippen LogP contribution < -0.4 is 11.1 Å². The number of carbonyl (C=O) groups excluding carboxylic acids is 1. The van der Waals surface area contributed by atoms with E-state index in [2.05, 4.69) is 5.32 Å². The number of amides is 1. The van der Waals surface area contributed by atoms with Crippen molar-refractivity contribution in [3.63, 3.8) is 0 Å². The van der Waals surface area contributed by atoms with Crippen molar-refractivity contribution in [3.8, 4) is 0 Å². The molecule has 1 aromatic heterocycles. The summed E-state index contributed by atoms with van der Waals surface area (Å²) in [5, 5.41) is 4.73. The number of rotatable bonds is 5. The lowest BCUT2D eigenvalue weighted by Crippen LogP contribution is -2.23. The van der Waals surface area contributed by atoms with E-state index in [0.29, 0.717) is 13.1 Å². The highest BCUT2D eigenvalue weighted by atomic mass is 32.1. The van der Waals surface area contributed by atoms with Crippen LogP contribution in [0.25, 0.3) is 0 Å². The van der Waals surface area contributed by atoms with Crippen molar-refractivity contribution in [2.75, 3.05) is 13.1 Å². The predicted molar refractivity (Wildman–Crippen MR) is 54.9 cm³/mol. The third kappa shape index (κ3) is 3.57. The van der Waals surface area contributed by atoms with Crippen LogP contribution in [0, 0.1) is 0 Å². The van der Waals surface area contributed by atoms with Crippen LogP contribution >= 0.6 is 11.3 Å². The van der Waals surface area contributed by atoms with Gasteiger partial charge in [-0.1, -0.05) is 6.07 Å². The fraction of sp³-hybridized carbons (Fsp3) is 0.444. The van der Waals surface area contributed by atoms with Gasteiger partial charge in [0.2, 0.25) is 0 Å². The number of hydrogen-bond acceptors (Lipinski definition) is 3. The molecule has 3 nitrogen and oxygen atoms in total. The van der Waals surface area contributed by atoms with E-state index in [-0.39, 0.29) is 5.91 Å². The number of thiophene rings is 1. The molecule has 0 unspecified atom stereocenters. The Kier molecular flexibility index (Phi) is 4.49. The number of nitrogens with two attached hydrogens (primary N) is 1. The van der Waals surface area contributed by atoms with Gasteiger partial charge in [-0.25, -0.2) is 0 Å². The van der Waals surface area contributed by atoms with Crippen LogP contribution in [0.3, 0.4) is 0 Å². The third-order valence-corrected chi connectivity index (χ3v) is 2.53. The van der Waals surface area contributed by atoms with Gasteiger partial charge in [0, 0.05) is 6.54 Å². The van der Waals surface area contributed by atoms with Crippen molar-refractivity contribution in [1.82, 2.24) is 5.32 Å². The molecule has 72 valence electrons. The molecule has 1 heterocycles. The molecular weight excluding hydrogens is 184 g/mol. The second-order valence-electron chi connectivity index (χ2n) is 2.73. The molecule has 13 heavy (non-hydrogen) atoms. The molecule has 0 aromatic carbocycles. The highest BCUT2D eigenvalue weighted by molar-refractivity contribution is 7.12. The Morgan fingerprint density at radius 1 is 1.54 bits per heavy atom. The zero-order chi connectivity index (χ0) is 9.52. The number of unbranched alkanes of at least 4 members (excludes halogenated alkanes) is 1. The smallest absolute Gasteiger partial charge is 0.261 e. The molecule has 0 bridgehead atoms. The lowest BCUT2D eigenvalue weighted by atomic mass is 10.3. The molecule has 0 radical (unpaired) electrons. The minimum absolute atomic E-state index is 0.0204. The third-order valence-electron chi connectivity index (χ3n) is 1.66. The van der Waals surface area contributed by atoms with Crippen molar-refractivity contribution >= 4 is 17.2 Å². The predicted octanol–water partition coefficient (Wildman–Crippen LogP) is 1.22. The van der Waals surface area contributed by atoms with E-state index >= 15 is 0 Å². The Bertz CT molecular complexity index is 246. The standard InChI is InChI=1S/C9H14N2OS/c10-5-1-2-6-11-9(12)8-4-3-7-13-8/h3-4,7H,1-2,5-6,10H2,(H,11,12). The van der Waals surface area contributed by atoms with Crippen molar-refractivity contribution < 1.29 is 4.79 Å². The van der Waals surface area contributed by atoms with Gasteiger partial charge in [-0.15, -0.1) is 11.3 Å². The van der Waals surface area contributed by atoms with Crippen molar-refractivity contribution in [3.05, 3.63) is 22.4 Å². The fourth-order valence-corrected chi connectivity index (χ4v) is 1.61. The summed E-state index contributed by atoms with van der Waals surface area (Å²) in [6, 6.07) is 3.70. The molecule has 0 atom stereocenters. The maximum atomic E-state index is 11.3. The van der Waals surface area contributed by atoms with E-state index in [9.17, 15) is 4.79 Å². The van der Waals surface area contributed by atoms with E-state index < -0.39 is 0 Å². The summed E-state index contributed by atoms with van der Waals surface area (Å²) >= 11 is 1.46. The van der Waals surface area contributed by atoms with Gasteiger partial charge in [-0.05, 0) is 30.8 Å². The topological polar surface area (TPSA) is 55.1 Å². The van der Waals surface area contributed by atoms with Gasteiger partial charge in [0.05, 0.1) is 4.88 Å². The monoisotopic (exact) mass is 198 g/mol. The first kappa shape index (κ1) is 10.2. The van der Waals surface area contributed by atoms with Gasteiger partial charge < -0.3 is 11.1 Å². The molecule has 3 N–H and O–H groups in total. The average molecular weight is 198 g/mol. The maximum absolute atomic E-state index is 11.3. The quantitative estimate of drug-likeness (QED) is 0.699. The van der Waals surface area contributed by atoms with E-state index in [1.54, 1.807) is 0 Å². The summed E-state index contributed by atoms with van der Waals surface area (Å²) in [7, 11) is 0. The summed E-state index contributed by atoms with van der Waals surface area (Å²) in [5.41, 5.74) is 5.33. The first-order valence-electron chi connectivity index (χ1n) is 4.36. The van der Waals surface area contributed by atoms with Crippen LogP contribution in [0.4, 0.5) is 0 Å². The van der Waals surface area contributed by atoms with E-state index in [1.807, 2.05) is 17.5 Å². The molecule has 4 heteroatoms. The van der Waals surface area contributed by atoms with Gasteiger partial charge >= 0.3 is 0 Å². The van der Waals surface area contributed by atoms with Crippen LogP contribution in [-0.4, -0.2) is 19.0 Å². The first-order chi connectivity index (χ1) is 6.34. The van der Waals surface area contributed by atoms with Crippen LogP contribution in [-0.2, 0) is 0 Å². The SMILES string of the molecule is NCCCCNC(=O)c1cccs1. The molecule has 0 fully saturated rings. The van der Waals surface area contributed by atoms with Gasteiger partial charge in [0.15, 0.2) is 0 Å². The Morgan fingerprint density at radius 3 is 3.00 bits per heavy atom. The van der Waals surface area contributed by atoms with Crippen molar-refractivity contribution in [1.29, 1.82) is 0 Å². The minimum atomic E-state index is 0.0204. The van der Waals surface area contributed by atoms with Crippen LogP contribution in [0.2, 0.25) is 0 Å². The van der Waals surface area contributed by atoms with Gasteiger partial charge in [-0.2, -0.15) is 0 Å². The van der Waals surface area contributed by atoms with Crippen molar-refractivity contribution in [2.45, 2.75) is 12.8 Å². The number of hydrogen-bond donors (Lipinski definition) is 2. The van der Waals surface area contributed by atoms with Crippen LogP contribution in [0.1, 0.15) is 22.5 Å². The molecular formula is C9H14N2OS. The summed E-state index contributed by atoms with van der Waals surface area (Å²) in [6.45, 7) is 1.41. The van der Waals surface area contributed by atoms with Gasteiger partial charge in [-0.3, -0.25) is 4.79 Å². The Hall–Kier alpha value is -0.870. The summed E-state index contributed by atoms with van der Waals surface area (Å²) in [5.74, 6) is 0.0204. The highest BCUT2D eigenvalue weighted by Gasteiger charge is 2.03. The van der Waals surface area contributed by atoms with Crippen LogP contribution in [0.5, 0.6) is 0 Å². The molecule has 1 aromatic rings. The van der Waals surface area contributed by atoms with Gasteiger partial charge in [0.25, 0.3) is 5.91 Å². The average Bonchev–Trinajstić information content (AvgIpc) is 2.65. The van der Waals surface area contributed by atoms with Gasteiger partial charge in [0.1, 0.15) is 0 Å². The first-order valence-corrected chi connectivity index (χ1v) is 5.24. The lowest BCUT2D eigenvalue weighted by Gasteiger charge is -2.01.